The van der Waals surface area contributed by atoms with Crippen molar-refractivity contribution < 1.29 is 13.6 Å². The van der Waals surface area contributed by atoms with Crippen LogP contribution in [-0.4, -0.2) is 34.6 Å². The van der Waals surface area contributed by atoms with E-state index in [4.69, 9.17) is 4.42 Å². The summed E-state index contributed by atoms with van der Waals surface area (Å²) in [5.41, 5.74) is 0.578. The van der Waals surface area contributed by atoms with E-state index in [1.807, 2.05) is 0 Å². The highest BCUT2D eigenvalue weighted by Crippen LogP contribution is 2.18. The molecule has 0 bridgehead atoms. The third-order valence-electron chi connectivity index (χ3n) is 2.89. The first-order valence-electron chi connectivity index (χ1n) is 6.46. The van der Waals surface area contributed by atoms with Crippen molar-refractivity contribution in [3.63, 3.8) is 0 Å². The van der Waals surface area contributed by atoms with Crippen LogP contribution in [0.2, 0.25) is 0 Å². The maximum Gasteiger partial charge on any atom is 0.311 e. The summed E-state index contributed by atoms with van der Waals surface area (Å²) < 4.78 is 18.2. The molecule has 0 saturated carbocycles. The second-order valence-corrected chi connectivity index (χ2v) is 4.50. The van der Waals surface area contributed by atoms with Crippen molar-refractivity contribution in [3.05, 3.63) is 36.0 Å². The summed E-state index contributed by atoms with van der Waals surface area (Å²) in [6.07, 6.45) is 1.92. The van der Waals surface area contributed by atoms with Crippen LogP contribution in [0.3, 0.4) is 0 Å². The summed E-state index contributed by atoms with van der Waals surface area (Å²) in [5.74, 6) is -0.497. The molecule has 5 nitrogen and oxygen atoms in total. The van der Waals surface area contributed by atoms with Gasteiger partial charge in [0.1, 0.15) is 5.82 Å². The van der Waals surface area contributed by atoms with Gasteiger partial charge in [-0.15, -0.1) is 10.2 Å². The number of unbranched alkanes of at least 4 members (excludes halogenated alkanes) is 1. The predicted octanol–water partition coefficient (Wildman–Crippen LogP) is 2.75. The van der Waals surface area contributed by atoms with E-state index in [0.717, 1.165) is 12.8 Å². The molecular weight excluding hydrogens is 261 g/mol. The zero-order valence-electron chi connectivity index (χ0n) is 11.5. The Kier molecular flexibility index (Phi) is 4.45. The summed E-state index contributed by atoms with van der Waals surface area (Å²) in [4.78, 5) is 13.6. The third kappa shape index (κ3) is 3.20. The van der Waals surface area contributed by atoms with Gasteiger partial charge in [0.25, 0.3) is 0 Å². The van der Waals surface area contributed by atoms with E-state index in [0.29, 0.717) is 12.1 Å². The second-order valence-electron chi connectivity index (χ2n) is 4.50. The molecular formula is C14H16FN3O2. The lowest BCUT2D eigenvalue weighted by atomic mass is 10.2. The number of aromatic nitrogens is 2. The Morgan fingerprint density at radius 3 is 2.65 bits per heavy atom. The minimum atomic E-state index is -0.344. The molecule has 0 unspecified atom stereocenters. The number of nitrogens with zero attached hydrogens (tertiary/aromatic N) is 3. The first-order valence-corrected chi connectivity index (χ1v) is 6.46. The Hall–Kier alpha value is -2.24. The molecule has 1 heterocycles. The van der Waals surface area contributed by atoms with Crippen LogP contribution in [-0.2, 0) is 0 Å². The van der Waals surface area contributed by atoms with Crippen LogP contribution in [0, 0.1) is 5.82 Å². The van der Waals surface area contributed by atoms with Gasteiger partial charge in [0, 0.05) is 19.2 Å². The van der Waals surface area contributed by atoms with Crippen molar-refractivity contribution in [1.29, 1.82) is 0 Å². The van der Waals surface area contributed by atoms with Gasteiger partial charge < -0.3 is 9.32 Å². The fraction of sp³-hybridized carbons (Fsp3) is 0.357. The average Bonchev–Trinajstić information content (AvgIpc) is 2.94. The summed E-state index contributed by atoms with van der Waals surface area (Å²) in [6.45, 7) is 2.70. The molecule has 0 atom stereocenters. The molecule has 106 valence electrons. The first kappa shape index (κ1) is 14.2. The highest BCUT2D eigenvalue weighted by Gasteiger charge is 2.19. The maximum atomic E-state index is 12.8. The Bertz CT molecular complexity index is 580. The number of halogens is 1. The highest BCUT2D eigenvalue weighted by molar-refractivity contribution is 5.89. The molecule has 0 N–H and O–H groups in total. The van der Waals surface area contributed by atoms with Gasteiger partial charge in [-0.3, -0.25) is 4.79 Å². The van der Waals surface area contributed by atoms with Crippen molar-refractivity contribution in [3.8, 4) is 11.5 Å². The lowest BCUT2D eigenvalue weighted by Gasteiger charge is -2.13. The fourth-order valence-corrected chi connectivity index (χ4v) is 1.68. The largest absolute Gasteiger partial charge is 0.412 e. The molecule has 0 aliphatic rings. The molecule has 0 aliphatic heterocycles. The van der Waals surface area contributed by atoms with Crippen molar-refractivity contribution in [2.75, 3.05) is 13.6 Å². The van der Waals surface area contributed by atoms with E-state index in [-0.39, 0.29) is 23.5 Å². The van der Waals surface area contributed by atoms with E-state index in [1.165, 1.54) is 24.3 Å². The average molecular weight is 277 g/mol. The quantitative estimate of drug-likeness (QED) is 0.843. The van der Waals surface area contributed by atoms with Crippen molar-refractivity contribution in [2.24, 2.45) is 0 Å². The van der Waals surface area contributed by atoms with Gasteiger partial charge in [0.15, 0.2) is 0 Å². The molecule has 2 aromatic rings. The third-order valence-corrected chi connectivity index (χ3v) is 2.89. The highest BCUT2D eigenvalue weighted by atomic mass is 19.1. The van der Waals surface area contributed by atoms with Gasteiger partial charge >= 0.3 is 11.8 Å². The van der Waals surface area contributed by atoms with Crippen LogP contribution in [0.5, 0.6) is 0 Å². The lowest BCUT2D eigenvalue weighted by molar-refractivity contribution is 0.0754. The molecule has 2 rings (SSSR count). The summed E-state index contributed by atoms with van der Waals surface area (Å²) in [6, 6.07) is 5.65. The zero-order valence-corrected chi connectivity index (χ0v) is 11.5. The number of hydrogen-bond acceptors (Lipinski definition) is 4. The van der Waals surface area contributed by atoms with Crippen molar-refractivity contribution in [1.82, 2.24) is 15.1 Å². The van der Waals surface area contributed by atoms with Crippen LogP contribution in [0.1, 0.15) is 30.5 Å². The van der Waals surface area contributed by atoms with Gasteiger partial charge in [-0.1, -0.05) is 13.3 Å². The Labute approximate surface area is 116 Å². The number of carbonyl (C=O) groups excluding carboxylic acids is 1. The first-order chi connectivity index (χ1) is 9.61. The molecule has 0 fully saturated rings. The lowest BCUT2D eigenvalue weighted by Crippen LogP contribution is -2.27. The molecule has 0 aliphatic carbocycles. The SMILES string of the molecule is CCCCN(C)C(=O)c1nnc(-c2ccc(F)cc2)o1. The minimum Gasteiger partial charge on any atom is -0.412 e. The molecule has 1 amide bonds. The molecule has 20 heavy (non-hydrogen) atoms. The summed E-state index contributed by atoms with van der Waals surface area (Å²) in [7, 11) is 1.69. The molecule has 0 radical (unpaired) electrons. The Balaban J connectivity index is 2.12. The van der Waals surface area contributed by atoms with Crippen molar-refractivity contribution >= 4 is 5.91 Å². The Morgan fingerprint density at radius 2 is 2.00 bits per heavy atom. The number of carbonyl (C=O) groups is 1. The second kappa shape index (κ2) is 6.27. The van der Waals surface area contributed by atoms with E-state index in [1.54, 1.807) is 11.9 Å². The van der Waals surface area contributed by atoms with Gasteiger partial charge in [0.05, 0.1) is 0 Å². The standard InChI is InChI=1S/C14H16FN3O2/c1-3-4-9-18(2)14(19)13-17-16-12(20-13)10-5-7-11(15)8-6-10/h5-8H,3-4,9H2,1-2H3. The maximum absolute atomic E-state index is 12.8. The number of amides is 1. The zero-order chi connectivity index (χ0) is 14.5. The smallest absolute Gasteiger partial charge is 0.311 e. The topological polar surface area (TPSA) is 59.2 Å². The van der Waals surface area contributed by atoms with E-state index in [2.05, 4.69) is 17.1 Å². The molecule has 0 spiro atoms. The van der Waals surface area contributed by atoms with Crippen LogP contribution in [0.15, 0.2) is 28.7 Å². The number of hydrogen-bond donors (Lipinski definition) is 0. The van der Waals surface area contributed by atoms with Crippen LogP contribution < -0.4 is 0 Å². The van der Waals surface area contributed by atoms with E-state index >= 15 is 0 Å². The normalized spacial score (nSPS) is 10.6. The van der Waals surface area contributed by atoms with Crippen LogP contribution >= 0.6 is 0 Å². The molecule has 6 heteroatoms. The van der Waals surface area contributed by atoms with Crippen LogP contribution in [0.4, 0.5) is 4.39 Å². The predicted molar refractivity (Wildman–Crippen MR) is 71.6 cm³/mol. The number of rotatable bonds is 5. The minimum absolute atomic E-state index is 0.0528. The summed E-state index contributed by atoms with van der Waals surface area (Å²) in [5, 5.41) is 7.56. The molecule has 1 aromatic carbocycles. The van der Waals surface area contributed by atoms with Gasteiger partial charge in [-0.05, 0) is 30.7 Å². The van der Waals surface area contributed by atoms with Gasteiger partial charge in [0.2, 0.25) is 5.89 Å². The van der Waals surface area contributed by atoms with E-state index in [9.17, 15) is 9.18 Å². The van der Waals surface area contributed by atoms with Crippen LogP contribution in [0.25, 0.3) is 11.5 Å². The Morgan fingerprint density at radius 1 is 1.30 bits per heavy atom. The molecule has 1 aromatic heterocycles. The molecule has 0 saturated heterocycles. The van der Waals surface area contributed by atoms with E-state index < -0.39 is 0 Å². The summed E-state index contributed by atoms with van der Waals surface area (Å²) >= 11 is 0. The number of benzene rings is 1. The monoisotopic (exact) mass is 277 g/mol. The van der Waals surface area contributed by atoms with Crippen molar-refractivity contribution in [2.45, 2.75) is 19.8 Å². The van der Waals surface area contributed by atoms with Gasteiger partial charge in [-0.2, -0.15) is 0 Å². The van der Waals surface area contributed by atoms with Gasteiger partial charge in [-0.25, -0.2) is 4.39 Å². The fourth-order valence-electron chi connectivity index (χ4n) is 1.68.